The van der Waals surface area contributed by atoms with Gasteiger partial charge in [0.15, 0.2) is 57.9 Å². The lowest BCUT2D eigenvalue weighted by Gasteiger charge is -2.09. The Hall–Kier alpha value is -17.1. The number of benzene rings is 10. The summed E-state index contributed by atoms with van der Waals surface area (Å²) in [6, 6.07) is 71.3. The predicted octanol–water partition coefficient (Wildman–Crippen LogP) is 17.6. The Morgan fingerprint density at radius 1 is 0.409 bits per heavy atom. The van der Waals surface area contributed by atoms with E-state index in [-0.39, 0.29) is 29.1 Å². The third-order valence-electron chi connectivity index (χ3n) is 21.4. The number of carbonyl (C=O) groups excluding carboxylic acids is 3. The minimum Gasteiger partial charge on any atom is -0.504 e. The van der Waals surface area contributed by atoms with Crippen molar-refractivity contribution in [1.29, 1.82) is 10.5 Å². The molecule has 658 valence electrons. The first-order valence-electron chi connectivity index (χ1n) is 40.7. The Morgan fingerprint density at radius 3 is 1.08 bits per heavy atom. The maximum Gasteiger partial charge on any atom is 0.253 e. The largest absolute Gasteiger partial charge is 0.504 e. The van der Waals surface area contributed by atoms with Crippen LogP contribution in [0.25, 0.3) is 169 Å². The normalized spacial score (nSPS) is 11.0. The Labute approximate surface area is 766 Å². The summed E-state index contributed by atoms with van der Waals surface area (Å²) in [5.41, 5.74) is 25.2. The number of nitrogens with one attached hydrogen (secondary N) is 6. The molecule has 0 saturated heterocycles. The SMILES string of the molecule is CCn1nc(-c2ccc(Cl)cc2)c(O)c1-c1nc2ccc(C(N)=O)cc2[nH]1.CNC(=O)c1ccc2nc(-c3c(O)c(-c4ccccc4)nn3C)[nH]c2c1.COc1c(-c2ccc(Cl)cc2)nn(C)c1-c1nc2ccc(C#N)cc2[nH]1.COc1c(-c2ccccc2)nn(C)c1-c1nc2ccc(C(=O)N(C)C)cc2[nH]1.Cn1nc(-c2ccc(Cl)cc2)c(O)c1-c1nc2ccc(C#N)cc2[nH]1. The molecule has 36 heteroatoms. The van der Waals surface area contributed by atoms with Crippen LogP contribution in [-0.2, 0) is 34.7 Å². The summed E-state index contributed by atoms with van der Waals surface area (Å²) >= 11 is 17.8. The molecule has 10 aromatic heterocycles. The maximum absolute atomic E-state index is 12.2. The molecule has 3 amide bonds. The number of carbonyl (C=O) groups is 3. The van der Waals surface area contributed by atoms with Crippen LogP contribution in [0.4, 0.5) is 0 Å². The van der Waals surface area contributed by atoms with Gasteiger partial charge in [0.25, 0.3) is 11.8 Å². The first kappa shape index (κ1) is 88.3. The van der Waals surface area contributed by atoms with E-state index in [1.54, 1.807) is 199 Å². The van der Waals surface area contributed by atoms with E-state index in [0.29, 0.717) is 157 Å². The lowest BCUT2D eigenvalue weighted by atomic mass is 10.1. The number of primary amides is 1. The fraction of sp³-hybridized carbons (Fsp3) is 0.115. The second-order valence-electron chi connectivity index (χ2n) is 30.1. The highest BCUT2D eigenvalue weighted by Crippen LogP contribution is 2.44. The predicted molar refractivity (Wildman–Crippen MR) is 506 cm³/mol. The zero-order valence-electron chi connectivity index (χ0n) is 72.2. The van der Waals surface area contributed by atoms with E-state index >= 15 is 0 Å². The van der Waals surface area contributed by atoms with E-state index in [1.807, 2.05) is 124 Å². The minimum atomic E-state index is -0.514. The van der Waals surface area contributed by atoms with Crippen molar-refractivity contribution >= 4 is 108 Å². The molecular weight excluding hydrogens is 1740 g/mol. The number of H-pyrrole nitrogens is 5. The van der Waals surface area contributed by atoms with Gasteiger partial charge < -0.3 is 65.7 Å². The number of nitrogens with two attached hydrogens (primary N) is 1. The number of aromatic hydroxyl groups is 3. The Bertz CT molecular complexity index is 7860. The highest BCUT2D eigenvalue weighted by molar-refractivity contribution is 6.31. The van der Waals surface area contributed by atoms with Crippen molar-refractivity contribution in [1.82, 2.24) is 109 Å². The average Bonchev–Trinajstić information content (AvgIpc) is 1.65. The molecule has 11 N–H and O–H groups in total. The van der Waals surface area contributed by atoms with Crippen LogP contribution in [0, 0.1) is 22.7 Å². The maximum atomic E-state index is 12.2. The lowest BCUT2D eigenvalue weighted by Crippen LogP contribution is -2.21. The highest BCUT2D eigenvalue weighted by atomic mass is 35.5. The second kappa shape index (κ2) is 37.4. The van der Waals surface area contributed by atoms with Crippen LogP contribution in [0.5, 0.6) is 28.7 Å². The third-order valence-corrected chi connectivity index (χ3v) is 22.1. The smallest absolute Gasteiger partial charge is 0.253 e. The number of amides is 3. The Morgan fingerprint density at radius 2 is 0.712 bits per heavy atom. The van der Waals surface area contributed by atoms with E-state index in [2.05, 4.69) is 92.8 Å². The summed E-state index contributed by atoms with van der Waals surface area (Å²) < 4.78 is 19.7. The zero-order chi connectivity index (χ0) is 93.0. The van der Waals surface area contributed by atoms with Crippen molar-refractivity contribution in [3.63, 3.8) is 0 Å². The number of nitrogens with zero attached hydrogens (tertiary/aromatic N) is 18. The van der Waals surface area contributed by atoms with E-state index in [9.17, 15) is 29.7 Å². The van der Waals surface area contributed by atoms with Crippen molar-refractivity contribution in [3.8, 4) is 155 Å². The molecule has 0 saturated carbocycles. The summed E-state index contributed by atoms with van der Waals surface area (Å²) in [5, 5.41) is 77.4. The number of hydrogen-bond donors (Lipinski definition) is 10. The molecule has 20 aromatic rings. The number of rotatable bonds is 16. The van der Waals surface area contributed by atoms with Gasteiger partial charge in [0.2, 0.25) is 5.91 Å². The molecule has 10 aromatic carbocycles. The summed E-state index contributed by atoms with van der Waals surface area (Å²) in [4.78, 5) is 75.8. The number of methoxy groups -OCH3 is 2. The van der Waals surface area contributed by atoms with Crippen molar-refractivity contribution in [2.45, 2.75) is 13.5 Å². The number of aryl methyl sites for hydroxylation is 5. The van der Waals surface area contributed by atoms with Crippen LogP contribution in [0.2, 0.25) is 15.1 Å². The van der Waals surface area contributed by atoms with Crippen molar-refractivity contribution in [3.05, 3.63) is 267 Å². The van der Waals surface area contributed by atoms with Crippen LogP contribution >= 0.6 is 34.8 Å². The van der Waals surface area contributed by atoms with Gasteiger partial charge >= 0.3 is 0 Å². The zero-order valence-corrected chi connectivity index (χ0v) is 74.5. The number of hydrogen-bond acceptors (Lipinski definition) is 20. The van der Waals surface area contributed by atoms with Crippen LogP contribution in [0.15, 0.2) is 224 Å². The topological polar surface area (TPSA) is 452 Å². The molecule has 132 heavy (non-hydrogen) atoms. The molecule has 0 aliphatic carbocycles. The Balaban J connectivity index is 0.000000120. The second-order valence-corrected chi connectivity index (χ2v) is 31.4. The average molecular weight is 1820 g/mol. The van der Waals surface area contributed by atoms with E-state index in [1.165, 1.54) is 0 Å². The minimum absolute atomic E-state index is 0.0216. The summed E-state index contributed by atoms with van der Waals surface area (Å²) in [5.74, 6) is 3.34. The Kier molecular flexibility index (Phi) is 25.0. The van der Waals surface area contributed by atoms with E-state index in [0.717, 1.165) is 72.5 Å². The van der Waals surface area contributed by atoms with Crippen LogP contribution in [-0.4, -0.2) is 172 Å². The van der Waals surface area contributed by atoms with Gasteiger partial charge in [-0.05, 0) is 134 Å². The van der Waals surface area contributed by atoms with Gasteiger partial charge in [-0.1, -0.05) is 132 Å². The molecule has 0 atom stereocenters. The molecule has 0 fully saturated rings. The van der Waals surface area contributed by atoms with Gasteiger partial charge in [-0.25, -0.2) is 24.9 Å². The standard InChI is InChI=1S/C21H21N5O2.C19H16ClN5O2.C19H14ClN5O.C19H17N5O2.C18H12ClN5O/c1-25(2)21(27)14-10-11-15-16(12-14)23-20(22-15)18-19(28-4)17(24-26(18)3)13-8-6-5-7-9-13;1-2-25-16(17(26)15(24-25)10-3-6-12(20)7-4-10)19-22-13-8-5-11(18(21)27)9-14(13)23-19;1-25-17(19-22-14-8-3-11(10-21)9-15(14)23-19)18(26-2)16(24-25)12-4-6-13(20)7-5-12;1-20-19(26)12-8-9-13-14(10-12)22-18(21-13)16-17(25)15(23-24(16)2)11-6-4-3-5-7-11;1-24-16(17(25)15(23-24)11-3-5-12(19)6-4-11)18-21-13-7-2-10(9-20)8-14(13)22-18/h5-12H,1-4H3,(H,22,23);3-9,26H,2H2,1H3,(H2,21,27)(H,22,23);3-9H,1-2H3,(H,22,23);3-10,25H,1-2H3,(H,20,26)(H,21,22);2-8,25H,1H3,(H,21,22). The third kappa shape index (κ3) is 17.8. The molecule has 0 unspecified atom stereocenters. The molecular formula is C96H80Cl3N25O8. The molecule has 20 rings (SSSR count). The summed E-state index contributed by atoms with van der Waals surface area (Å²) in [6.07, 6.45) is 0. The fourth-order valence-corrected chi connectivity index (χ4v) is 15.3. The number of nitriles is 2. The van der Waals surface area contributed by atoms with E-state index in [4.69, 9.17) is 60.5 Å². The van der Waals surface area contributed by atoms with Crippen molar-refractivity contribution in [2.75, 3.05) is 35.4 Å². The van der Waals surface area contributed by atoms with Crippen molar-refractivity contribution in [2.24, 2.45) is 33.9 Å². The van der Waals surface area contributed by atoms with Gasteiger partial charge in [-0.3, -0.25) is 37.8 Å². The number of aromatic amines is 5. The molecule has 0 aliphatic rings. The van der Waals surface area contributed by atoms with Gasteiger partial charge in [-0.15, -0.1) is 0 Å². The van der Waals surface area contributed by atoms with Crippen LogP contribution in [0.1, 0.15) is 49.1 Å². The van der Waals surface area contributed by atoms with Gasteiger partial charge in [0, 0.05) is 115 Å². The number of halogens is 3. The monoisotopic (exact) mass is 1820 g/mol. The summed E-state index contributed by atoms with van der Waals surface area (Å²) in [7, 11) is 15.5. The first-order chi connectivity index (χ1) is 63.7. The lowest BCUT2D eigenvalue weighted by molar-refractivity contribution is 0.0827. The molecule has 33 nitrogen and oxygen atoms in total. The molecule has 0 bridgehead atoms. The molecule has 0 aliphatic heterocycles. The first-order valence-corrected chi connectivity index (χ1v) is 41.8. The fourth-order valence-electron chi connectivity index (χ4n) is 14.9. The van der Waals surface area contributed by atoms with Gasteiger partial charge in [0.05, 0.1) is 92.7 Å². The molecule has 0 radical (unpaired) electrons. The number of imidazole rings is 5. The summed E-state index contributed by atoms with van der Waals surface area (Å²) in [6.45, 7) is 2.47. The molecule has 0 spiro atoms. The van der Waals surface area contributed by atoms with E-state index < -0.39 is 5.91 Å². The van der Waals surface area contributed by atoms with Crippen LogP contribution < -0.4 is 20.5 Å². The van der Waals surface area contributed by atoms with Gasteiger partial charge in [-0.2, -0.15) is 36.0 Å². The van der Waals surface area contributed by atoms with Gasteiger partial charge in [0.1, 0.15) is 56.9 Å². The quantitative estimate of drug-likeness (QED) is 0.0429. The van der Waals surface area contributed by atoms with Crippen molar-refractivity contribution < 1.29 is 39.2 Å². The number of ether oxygens (including phenoxy) is 2. The highest BCUT2D eigenvalue weighted by Gasteiger charge is 2.29. The molecule has 10 heterocycles. The van der Waals surface area contributed by atoms with Crippen LogP contribution in [0.3, 0.4) is 0 Å². The number of aromatic nitrogens is 20. The number of fused-ring (bicyclic) bond motifs is 5.